The number of carbonyl (C=O) groups excluding carboxylic acids is 3. The number of thiophene rings is 1. The van der Waals surface area contributed by atoms with Crippen LogP contribution in [0.3, 0.4) is 0 Å². The van der Waals surface area contributed by atoms with Gasteiger partial charge in [0.05, 0.1) is 12.1 Å². The Hall–Kier alpha value is -2.85. The Balaban J connectivity index is 1.53. The summed E-state index contributed by atoms with van der Waals surface area (Å²) in [5.74, 6) is -1.45. The largest absolute Gasteiger partial charge is 0.451 e. The predicted molar refractivity (Wildman–Crippen MR) is 102 cm³/mol. The maximum Gasteiger partial charge on any atom is 0.359 e. The molecule has 0 saturated carbocycles. The first-order valence-corrected chi connectivity index (χ1v) is 9.97. The number of pyridine rings is 1. The zero-order valence-corrected chi connectivity index (χ0v) is 15.9. The summed E-state index contributed by atoms with van der Waals surface area (Å²) in [4.78, 5) is 41.0. The molecule has 140 valence electrons. The Morgan fingerprint density at radius 2 is 2.11 bits per heavy atom. The molecule has 27 heavy (non-hydrogen) atoms. The molecular weight excluding hydrogens is 388 g/mol. The van der Waals surface area contributed by atoms with E-state index in [0.717, 1.165) is 4.88 Å². The number of nitrogens with one attached hydrogen (secondary N) is 2. The van der Waals surface area contributed by atoms with E-state index < -0.39 is 24.5 Å². The van der Waals surface area contributed by atoms with E-state index in [1.54, 1.807) is 22.7 Å². The van der Waals surface area contributed by atoms with Gasteiger partial charge in [-0.3, -0.25) is 14.5 Å². The summed E-state index contributed by atoms with van der Waals surface area (Å²) < 4.78 is 6.76. The molecule has 0 saturated heterocycles. The second-order valence-electron chi connectivity index (χ2n) is 5.29. The third-order valence-electron chi connectivity index (χ3n) is 3.48. The molecule has 0 unspecified atom stereocenters. The molecule has 0 aliphatic carbocycles. The average Bonchev–Trinajstić information content (AvgIpc) is 3.32. The number of esters is 1. The van der Waals surface area contributed by atoms with E-state index in [1.165, 1.54) is 23.1 Å². The van der Waals surface area contributed by atoms with Crippen molar-refractivity contribution in [3.05, 3.63) is 52.5 Å². The number of aromatic nitrogens is 2. The van der Waals surface area contributed by atoms with Crippen LogP contribution in [0.1, 0.15) is 15.4 Å². The SMILES string of the molecule is CSc1nc(C(=O)OCC(=O)NC(=O)NCc2cccs2)c2ccccn12. The number of imidazole rings is 1. The maximum absolute atomic E-state index is 12.3. The van der Waals surface area contributed by atoms with E-state index in [9.17, 15) is 14.4 Å². The highest BCUT2D eigenvalue weighted by Crippen LogP contribution is 2.20. The zero-order valence-electron chi connectivity index (χ0n) is 14.3. The predicted octanol–water partition coefficient (Wildman–Crippen LogP) is 2.30. The fourth-order valence-corrected chi connectivity index (χ4v) is 3.47. The lowest BCUT2D eigenvalue weighted by Gasteiger charge is -2.06. The molecule has 0 aliphatic heterocycles. The van der Waals surface area contributed by atoms with Gasteiger partial charge >= 0.3 is 12.0 Å². The van der Waals surface area contributed by atoms with Gasteiger partial charge in [-0.2, -0.15) is 0 Å². The lowest BCUT2D eigenvalue weighted by Crippen LogP contribution is -2.41. The Morgan fingerprint density at radius 3 is 2.85 bits per heavy atom. The fourth-order valence-electron chi connectivity index (χ4n) is 2.29. The number of imide groups is 1. The Labute approximate surface area is 162 Å². The number of hydrogen-bond acceptors (Lipinski definition) is 7. The lowest BCUT2D eigenvalue weighted by atomic mass is 10.3. The first-order valence-electron chi connectivity index (χ1n) is 7.86. The maximum atomic E-state index is 12.3. The number of amides is 3. The molecule has 10 heteroatoms. The van der Waals surface area contributed by atoms with Crippen molar-refractivity contribution in [1.29, 1.82) is 0 Å². The van der Waals surface area contributed by atoms with Gasteiger partial charge in [0.25, 0.3) is 5.91 Å². The van der Waals surface area contributed by atoms with Gasteiger partial charge in [-0.25, -0.2) is 14.6 Å². The molecule has 0 aliphatic rings. The van der Waals surface area contributed by atoms with E-state index in [2.05, 4.69) is 15.6 Å². The molecule has 0 spiro atoms. The highest BCUT2D eigenvalue weighted by molar-refractivity contribution is 7.98. The minimum absolute atomic E-state index is 0.120. The van der Waals surface area contributed by atoms with Gasteiger partial charge in [-0.1, -0.05) is 23.9 Å². The van der Waals surface area contributed by atoms with Gasteiger partial charge in [0.1, 0.15) is 0 Å². The van der Waals surface area contributed by atoms with Gasteiger partial charge in [0, 0.05) is 11.1 Å². The van der Waals surface area contributed by atoms with Gasteiger partial charge in [-0.05, 0) is 29.8 Å². The minimum Gasteiger partial charge on any atom is -0.451 e. The second-order valence-corrected chi connectivity index (χ2v) is 7.09. The van der Waals surface area contributed by atoms with Crippen molar-refractivity contribution in [3.8, 4) is 0 Å². The van der Waals surface area contributed by atoms with Gasteiger partial charge < -0.3 is 10.1 Å². The number of nitrogens with zero attached hydrogens (tertiary/aromatic N) is 2. The van der Waals surface area contributed by atoms with Crippen molar-refractivity contribution < 1.29 is 19.1 Å². The third-order valence-corrected chi connectivity index (χ3v) is 5.01. The summed E-state index contributed by atoms with van der Waals surface area (Å²) in [5, 5.41) is 7.19. The molecule has 0 aromatic carbocycles. The van der Waals surface area contributed by atoms with Gasteiger partial charge in [-0.15, -0.1) is 11.3 Å². The summed E-state index contributed by atoms with van der Waals surface area (Å²) in [6.07, 6.45) is 3.63. The number of carbonyl (C=O) groups is 3. The molecule has 3 amide bonds. The van der Waals surface area contributed by atoms with Gasteiger partial charge in [0.15, 0.2) is 17.5 Å². The topological polar surface area (TPSA) is 102 Å². The van der Waals surface area contributed by atoms with Crippen molar-refractivity contribution in [2.24, 2.45) is 0 Å². The standard InChI is InChI=1S/C17H16N4O4S2/c1-26-17-20-14(12-6-2-3-7-21(12)17)15(23)25-10-13(22)19-16(24)18-9-11-5-4-8-27-11/h2-8H,9-10H2,1H3,(H2,18,19,22,24). The van der Waals surface area contributed by atoms with E-state index in [4.69, 9.17) is 4.74 Å². The van der Waals surface area contributed by atoms with Gasteiger partial charge in [0.2, 0.25) is 0 Å². The van der Waals surface area contributed by atoms with Crippen LogP contribution in [0.5, 0.6) is 0 Å². The summed E-state index contributed by atoms with van der Waals surface area (Å²) >= 11 is 2.88. The van der Waals surface area contributed by atoms with Crippen LogP contribution in [0.15, 0.2) is 47.1 Å². The van der Waals surface area contributed by atoms with Crippen LogP contribution in [-0.2, 0) is 16.1 Å². The molecule has 0 bridgehead atoms. The summed E-state index contributed by atoms with van der Waals surface area (Å²) in [6, 6.07) is 8.43. The molecule has 3 aromatic rings. The van der Waals surface area contributed by atoms with Crippen LogP contribution in [-0.4, -0.2) is 40.2 Å². The first-order chi connectivity index (χ1) is 13.1. The van der Waals surface area contributed by atoms with E-state index in [0.29, 0.717) is 17.2 Å². The Kier molecular flexibility index (Phi) is 6.09. The molecule has 3 rings (SSSR count). The Bertz CT molecular complexity index is 969. The normalized spacial score (nSPS) is 10.6. The van der Waals surface area contributed by atoms with Crippen molar-refractivity contribution in [1.82, 2.24) is 20.0 Å². The second kappa shape index (κ2) is 8.69. The number of fused-ring (bicyclic) bond motifs is 1. The molecule has 8 nitrogen and oxygen atoms in total. The van der Waals surface area contributed by atoms with Crippen LogP contribution in [0.25, 0.3) is 5.52 Å². The first kappa shape index (κ1) is 18.9. The van der Waals surface area contributed by atoms with Crippen molar-refractivity contribution >= 4 is 46.5 Å². The summed E-state index contributed by atoms with van der Waals surface area (Å²) in [6.45, 7) is -0.264. The van der Waals surface area contributed by atoms with Crippen LogP contribution >= 0.6 is 23.1 Å². The highest BCUT2D eigenvalue weighted by Gasteiger charge is 2.19. The molecule has 2 N–H and O–H groups in total. The summed E-state index contributed by atoms with van der Waals surface area (Å²) in [7, 11) is 0. The molecule has 0 radical (unpaired) electrons. The van der Waals surface area contributed by atoms with E-state index in [1.807, 2.05) is 29.8 Å². The lowest BCUT2D eigenvalue weighted by molar-refractivity contribution is -0.123. The quantitative estimate of drug-likeness (QED) is 0.483. The van der Waals surface area contributed by atoms with E-state index >= 15 is 0 Å². The molecule has 0 fully saturated rings. The summed E-state index contributed by atoms with van der Waals surface area (Å²) in [5.41, 5.74) is 0.704. The average molecular weight is 404 g/mol. The number of thioether (sulfide) groups is 1. The minimum atomic E-state index is -0.729. The van der Waals surface area contributed by atoms with Crippen molar-refractivity contribution in [3.63, 3.8) is 0 Å². The monoisotopic (exact) mass is 404 g/mol. The Morgan fingerprint density at radius 1 is 1.26 bits per heavy atom. The molecule has 3 heterocycles. The number of rotatable bonds is 6. The van der Waals surface area contributed by atoms with Crippen LogP contribution in [0, 0.1) is 0 Å². The van der Waals surface area contributed by atoms with E-state index in [-0.39, 0.29) is 5.69 Å². The van der Waals surface area contributed by atoms with Crippen molar-refractivity contribution in [2.45, 2.75) is 11.7 Å². The fraction of sp³-hybridized carbons (Fsp3) is 0.176. The van der Waals surface area contributed by atoms with Crippen LogP contribution < -0.4 is 10.6 Å². The van der Waals surface area contributed by atoms with Crippen LogP contribution in [0.2, 0.25) is 0 Å². The smallest absolute Gasteiger partial charge is 0.359 e. The molecular formula is C17H16N4O4S2. The third kappa shape index (κ3) is 4.66. The highest BCUT2D eigenvalue weighted by atomic mass is 32.2. The zero-order chi connectivity index (χ0) is 19.2. The van der Waals surface area contributed by atoms with Crippen LogP contribution in [0.4, 0.5) is 4.79 Å². The number of hydrogen-bond donors (Lipinski definition) is 2. The molecule has 0 atom stereocenters. The number of ether oxygens (including phenoxy) is 1. The van der Waals surface area contributed by atoms with Crippen molar-refractivity contribution in [2.75, 3.05) is 12.9 Å². The number of urea groups is 1. The molecule has 3 aromatic heterocycles.